The Kier molecular flexibility index (Phi) is 4.67. The molecule has 0 bridgehead atoms. The van der Waals surface area contributed by atoms with Crippen molar-refractivity contribution in [1.82, 2.24) is 5.32 Å². The zero-order chi connectivity index (χ0) is 13.0. The Balaban J connectivity index is 2.96. The molecular formula is C12H14BrN3O. The first-order valence-electron chi connectivity index (χ1n) is 5.21. The molecule has 0 saturated heterocycles. The lowest BCUT2D eigenvalue weighted by Gasteiger charge is -2.09. The second-order valence-electron chi connectivity index (χ2n) is 3.99. The molecule has 0 aliphatic heterocycles. The molecule has 1 rings (SSSR count). The highest BCUT2D eigenvalue weighted by Crippen LogP contribution is 2.25. The van der Waals surface area contributed by atoms with E-state index >= 15 is 0 Å². The minimum atomic E-state index is -0.0594. The van der Waals surface area contributed by atoms with Gasteiger partial charge in [0, 0.05) is 16.1 Å². The summed E-state index contributed by atoms with van der Waals surface area (Å²) in [4.78, 5) is 11.8. The third-order valence-corrected chi connectivity index (χ3v) is 2.90. The van der Waals surface area contributed by atoms with Gasteiger partial charge in [-0.1, -0.05) is 13.8 Å². The molecule has 0 heterocycles. The summed E-state index contributed by atoms with van der Waals surface area (Å²) in [5.41, 5.74) is 6.84. The summed E-state index contributed by atoms with van der Waals surface area (Å²) < 4.78 is 0.574. The van der Waals surface area contributed by atoms with Crippen LogP contribution in [0.25, 0.3) is 0 Å². The van der Waals surface area contributed by atoms with Crippen LogP contribution >= 0.6 is 15.9 Å². The van der Waals surface area contributed by atoms with E-state index < -0.39 is 0 Å². The number of nitrogen functional groups attached to an aromatic ring is 1. The Bertz CT molecular complexity index is 477. The third-order valence-electron chi connectivity index (χ3n) is 2.24. The summed E-state index contributed by atoms with van der Waals surface area (Å²) in [6, 6.07) is 5.37. The van der Waals surface area contributed by atoms with E-state index in [1.165, 1.54) is 6.07 Å². The molecule has 0 spiro atoms. The van der Waals surface area contributed by atoms with Crippen molar-refractivity contribution in [1.29, 1.82) is 5.26 Å². The SMILES string of the molecule is CC(C)NCC(=O)c1cc(Br)c(N)c(C#N)c1. The number of ketones is 1. The number of carbonyl (C=O) groups excluding carboxylic acids is 1. The fourth-order valence-electron chi connectivity index (χ4n) is 1.27. The van der Waals surface area contributed by atoms with Gasteiger partial charge in [0.15, 0.2) is 5.78 Å². The van der Waals surface area contributed by atoms with Gasteiger partial charge in [0.1, 0.15) is 6.07 Å². The number of nitrogens with one attached hydrogen (secondary N) is 1. The number of hydrogen-bond acceptors (Lipinski definition) is 4. The predicted octanol–water partition coefficient (Wildman–Crippen LogP) is 2.08. The largest absolute Gasteiger partial charge is 0.397 e. The Labute approximate surface area is 109 Å². The fraction of sp³-hybridized carbons (Fsp3) is 0.333. The van der Waals surface area contributed by atoms with Crippen molar-refractivity contribution < 1.29 is 4.79 Å². The summed E-state index contributed by atoms with van der Waals surface area (Å²) in [7, 11) is 0. The summed E-state index contributed by atoms with van der Waals surface area (Å²) >= 11 is 3.24. The van der Waals surface area contributed by atoms with Gasteiger partial charge in [-0.2, -0.15) is 5.26 Å². The number of nitriles is 1. The molecule has 0 saturated carbocycles. The Morgan fingerprint density at radius 2 is 2.24 bits per heavy atom. The van der Waals surface area contributed by atoms with Crippen LogP contribution < -0.4 is 11.1 Å². The van der Waals surface area contributed by atoms with Crippen LogP contribution in [0.4, 0.5) is 5.69 Å². The topological polar surface area (TPSA) is 78.9 Å². The number of anilines is 1. The maximum Gasteiger partial charge on any atom is 0.176 e. The quantitative estimate of drug-likeness (QED) is 0.658. The number of nitrogens with two attached hydrogens (primary N) is 1. The lowest BCUT2D eigenvalue weighted by molar-refractivity contribution is 0.0988. The summed E-state index contributed by atoms with van der Waals surface area (Å²) in [6.07, 6.45) is 0. The van der Waals surface area contributed by atoms with Crippen LogP contribution in [0, 0.1) is 11.3 Å². The molecule has 0 fully saturated rings. The second-order valence-corrected chi connectivity index (χ2v) is 4.84. The first-order valence-corrected chi connectivity index (χ1v) is 6.00. The maximum atomic E-state index is 11.8. The minimum absolute atomic E-state index is 0.0594. The average Bonchev–Trinajstić information content (AvgIpc) is 2.29. The van der Waals surface area contributed by atoms with Gasteiger partial charge in [0.2, 0.25) is 0 Å². The second kappa shape index (κ2) is 5.80. The maximum absolute atomic E-state index is 11.8. The van der Waals surface area contributed by atoms with Gasteiger partial charge in [-0.25, -0.2) is 0 Å². The zero-order valence-electron chi connectivity index (χ0n) is 9.75. The van der Waals surface area contributed by atoms with Crippen molar-refractivity contribution in [2.75, 3.05) is 12.3 Å². The van der Waals surface area contributed by atoms with Gasteiger partial charge in [-0.05, 0) is 28.1 Å². The smallest absolute Gasteiger partial charge is 0.176 e. The normalized spacial score (nSPS) is 10.3. The van der Waals surface area contributed by atoms with Crippen molar-refractivity contribution in [2.24, 2.45) is 0 Å². The molecule has 0 aromatic heterocycles. The van der Waals surface area contributed by atoms with E-state index in [2.05, 4.69) is 21.2 Å². The molecule has 0 amide bonds. The average molecular weight is 296 g/mol. The lowest BCUT2D eigenvalue weighted by atomic mass is 10.1. The van der Waals surface area contributed by atoms with Crippen molar-refractivity contribution in [2.45, 2.75) is 19.9 Å². The molecule has 0 aliphatic carbocycles. The van der Waals surface area contributed by atoms with Gasteiger partial charge >= 0.3 is 0 Å². The molecule has 90 valence electrons. The van der Waals surface area contributed by atoms with Crippen LogP contribution in [0.3, 0.4) is 0 Å². The summed E-state index contributed by atoms with van der Waals surface area (Å²) in [5, 5.41) is 11.9. The highest BCUT2D eigenvalue weighted by molar-refractivity contribution is 9.10. The Morgan fingerprint density at radius 3 is 2.76 bits per heavy atom. The number of carbonyl (C=O) groups is 1. The highest BCUT2D eigenvalue weighted by atomic mass is 79.9. The Morgan fingerprint density at radius 1 is 1.59 bits per heavy atom. The van der Waals surface area contributed by atoms with Gasteiger partial charge in [-0.3, -0.25) is 4.79 Å². The molecular weight excluding hydrogens is 282 g/mol. The van der Waals surface area contributed by atoms with Gasteiger partial charge in [-0.15, -0.1) is 0 Å². The minimum Gasteiger partial charge on any atom is -0.397 e. The Hall–Kier alpha value is -1.38. The summed E-state index contributed by atoms with van der Waals surface area (Å²) in [6.45, 7) is 4.18. The van der Waals surface area contributed by atoms with E-state index in [0.717, 1.165) is 0 Å². The van der Waals surface area contributed by atoms with Crippen molar-refractivity contribution in [3.05, 3.63) is 27.7 Å². The van der Waals surface area contributed by atoms with Crippen molar-refractivity contribution in [3.8, 4) is 6.07 Å². The van der Waals surface area contributed by atoms with E-state index in [1.54, 1.807) is 6.07 Å². The van der Waals surface area contributed by atoms with Crippen LogP contribution in [0.5, 0.6) is 0 Å². The monoisotopic (exact) mass is 295 g/mol. The van der Waals surface area contributed by atoms with Crippen LogP contribution in [0.2, 0.25) is 0 Å². The predicted molar refractivity (Wildman–Crippen MR) is 70.7 cm³/mol. The number of nitrogens with zero attached hydrogens (tertiary/aromatic N) is 1. The lowest BCUT2D eigenvalue weighted by Crippen LogP contribution is -2.29. The van der Waals surface area contributed by atoms with Crippen LogP contribution in [-0.4, -0.2) is 18.4 Å². The van der Waals surface area contributed by atoms with Crippen LogP contribution in [0.1, 0.15) is 29.8 Å². The fourth-order valence-corrected chi connectivity index (χ4v) is 1.73. The van der Waals surface area contributed by atoms with Gasteiger partial charge in [0.25, 0.3) is 0 Å². The van der Waals surface area contributed by atoms with Crippen molar-refractivity contribution in [3.63, 3.8) is 0 Å². The molecule has 17 heavy (non-hydrogen) atoms. The molecule has 0 unspecified atom stereocenters. The number of rotatable bonds is 4. The van der Waals surface area contributed by atoms with E-state index in [4.69, 9.17) is 11.0 Å². The van der Waals surface area contributed by atoms with Crippen molar-refractivity contribution >= 4 is 27.4 Å². The number of hydrogen-bond donors (Lipinski definition) is 2. The first-order chi connectivity index (χ1) is 7.95. The van der Waals surface area contributed by atoms with E-state index in [1.807, 2.05) is 19.9 Å². The van der Waals surface area contributed by atoms with E-state index in [9.17, 15) is 4.79 Å². The van der Waals surface area contributed by atoms with Gasteiger partial charge in [0.05, 0.1) is 17.8 Å². The number of Topliss-reactive ketones (excluding diaryl/α,β-unsaturated/α-hetero) is 1. The van der Waals surface area contributed by atoms with E-state index in [-0.39, 0.29) is 18.4 Å². The van der Waals surface area contributed by atoms with Gasteiger partial charge < -0.3 is 11.1 Å². The van der Waals surface area contributed by atoms with Crippen LogP contribution in [0.15, 0.2) is 16.6 Å². The van der Waals surface area contributed by atoms with Crippen LogP contribution in [-0.2, 0) is 0 Å². The summed E-state index contributed by atoms with van der Waals surface area (Å²) in [5.74, 6) is -0.0594. The van der Waals surface area contributed by atoms with E-state index in [0.29, 0.717) is 21.3 Å². The highest BCUT2D eigenvalue weighted by Gasteiger charge is 2.11. The first kappa shape index (κ1) is 13.7. The molecule has 1 aromatic rings. The standard InChI is InChI=1S/C12H14BrN3O/c1-7(2)16-6-11(17)8-3-9(5-14)12(15)10(13)4-8/h3-4,7,16H,6,15H2,1-2H3. The molecule has 0 aliphatic rings. The number of halogens is 1. The zero-order valence-corrected chi connectivity index (χ0v) is 11.3. The molecule has 1 aromatic carbocycles. The molecule has 5 heteroatoms. The number of benzene rings is 1. The molecule has 3 N–H and O–H groups in total. The molecule has 0 radical (unpaired) electrons. The molecule has 4 nitrogen and oxygen atoms in total. The molecule has 0 atom stereocenters. The third kappa shape index (κ3) is 3.55.